The van der Waals surface area contributed by atoms with Gasteiger partial charge < -0.3 is 19.5 Å². The summed E-state index contributed by atoms with van der Waals surface area (Å²) in [6, 6.07) is 8.25. The van der Waals surface area contributed by atoms with Gasteiger partial charge in [0.05, 0.1) is 52.9 Å². The number of carbonyl (C=O) groups is 1. The van der Waals surface area contributed by atoms with Crippen LogP contribution >= 0.6 is 11.3 Å². The van der Waals surface area contributed by atoms with E-state index in [0.717, 1.165) is 71.3 Å². The van der Waals surface area contributed by atoms with E-state index < -0.39 is 5.60 Å². The van der Waals surface area contributed by atoms with Crippen LogP contribution in [0.3, 0.4) is 0 Å². The summed E-state index contributed by atoms with van der Waals surface area (Å²) in [6.07, 6.45) is 8.45. The van der Waals surface area contributed by atoms with E-state index in [4.69, 9.17) is 19.2 Å². The molecule has 43 heavy (non-hydrogen) atoms. The van der Waals surface area contributed by atoms with E-state index in [9.17, 15) is 4.79 Å². The molecule has 7 rings (SSSR count). The van der Waals surface area contributed by atoms with Crippen molar-refractivity contribution in [2.24, 2.45) is 0 Å². The highest BCUT2D eigenvalue weighted by Gasteiger charge is 2.43. The zero-order chi connectivity index (χ0) is 29.6. The van der Waals surface area contributed by atoms with Gasteiger partial charge in [0, 0.05) is 35.5 Å². The number of rotatable bonds is 5. The highest BCUT2D eigenvalue weighted by molar-refractivity contribution is 7.17. The van der Waals surface area contributed by atoms with Gasteiger partial charge in [-0.15, -0.1) is 21.5 Å². The fourth-order valence-electron chi connectivity index (χ4n) is 6.36. The van der Waals surface area contributed by atoms with Crippen LogP contribution in [0.4, 0.5) is 10.6 Å². The van der Waals surface area contributed by atoms with Crippen molar-refractivity contribution in [2.75, 3.05) is 25.1 Å². The molecule has 2 bridgehead atoms. The lowest BCUT2D eigenvalue weighted by molar-refractivity contribution is -0.0803. The summed E-state index contributed by atoms with van der Waals surface area (Å²) >= 11 is 1.60. The van der Waals surface area contributed by atoms with Gasteiger partial charge in [0.15, 0.2) is 0 Å². The molecule has 0 spiro atoms. The molecule has 226 valence electrons. The van der Waals surface area contributed by atoms with Gasteiger partial charge in [-0.1, -0.05) is 12.1 Å². The minimum atomic E-state index is -0.531. The molecule has 0 aliphatic carbocycles. The number of piperidine rings is 1. The van der Waals surface area contributed by atoms with Crippen molar-refractivity contribution in [3.63, 3.8) is 0 Å². The quantitative estimate of drug-likeness (QED) is 0.298. The summed E-state index contributed by atoms with van der Waals surface area (Å²) in [7, 11) is 0. The van der Waals surface area contributed by atoms with Gasteiger partial charge >= 0.3 is 6.09 Å². The van der Waals surface area contributed by atoms with Crippen LogP contribution < -0.4 is 5.32 Å². The van der Waals surface area contributed by atoms with Gasteiger partial charge in [0.2, 0.25) is 0 Å². The summed E-state index contributed by atoms with van der Waals surface area (Å²) in [5.74, 6) is 0.716. The molecule has 3 fully saturated rings. The van der Waals surface area contributed by atoms with Crippen LogP contribution in [-0.4, -0.2) is 79.5 Å². The number of carbonyl (C=O) groups excluding carboxylic acids is 1. The standard InChI is InChI=1S/C31H37N7O4S/c1-31(2,3)42-30(39)38-21-12-20(13-22(38)17-40-16-21)34-26-10-9-25(35-36-26)24-8-7-23(28-29(24)43-18-32-28)19-14-33-37(15-19)27-6-4-5-11-41-27/h7-10,14-15,18,20-22,27H,4-6,11-13,16-17H2,1-3H3,(H,34,36)/t20?,21-,22?,27?/m0/s1. The average Bonchev–Trinajstić information content (AvgIpc) is 3.67. The second-order valence-corrected chi connectivity index (χ2v) is 13.4. The van der Waals surface area contributed by atoms with Crippen molar-refractivity contribution >= 4 is 33.5 Å². The summed E-state index contributed by atoms with van der Waals surface area (Å²) in [5.41, 5.74) is 6.14. The van der Waals surface area contributed by atoms with Gasteiger partial charge in [0.25, 0.3) is 0 Å². The third-order valence-corrected chi connectivity index (χ3v) is 9.12. The van der Waals surface area contributed by atoms with Gasteiger partial charge in [-0.2, -0.15) is 5.10 Å². The van der Waals surface area contributed by atoms with Gasteiger partial charge in [0.1, 0.15) is 17.6 Å². The first-order valence-corrected chi connectivity index (χ1v) is 15.9. The Morgan fingerprint density at radius 3 is 2.60 bits per heavy atom. The molecule has 3 unspecified atom stereocenters. The molecule has 1 aromatic carbocycles. The number of ether oxygens (including phenoxy) is 3. The average molecular weight is 604 g/mol. The molecule has 0 saturated carbocycles. The number of nitrogens with one attached hydrogen (secondary N) is 1. The molecule has 3 aliphatic rings. The summed E-state index contributed by atoms with van der Waals surface area (Å²) in [5, 5.41) is 17.3. The molecule has 1 N–H and O–H groups in total. The smallest absolute Gasteiger partial charge is 0.410 e. The topological polar surface area (TPSA) is 117 Å². The van der Waals surface area contributed by atoms with Crippen LogP contribution in [0.1, 0.15) is 59.1 Å². The van der Waals surface area contributed by atoms with Crippen LogP contribution in [0.25, 0.3) is 32.6 Å². The number of fused-ring (bicyclic) bond motifs is 3. The normalized spacial score (nSPS) is 24.2. The summed E-state index contributed by atoms with van der Waals surface area (Å²) in [6.45, 7) is 7.48. The fourth-order valence-corrected chi connectivity index (χ4v) is 7.20. The third kappa shape index (κ3) is 5.83. The molecule has 4 aromatic rings. The number of amides is 1. The molecule has 6 heterocycles. The van der Waals surface area contributed by atoms with Crippen molar-refractivity contribution in [1.29, 1.82) is 0 Å². The number of morpholine rings is 1. The number of nitrogens with zero attached hydrogens (tertiary/aromatic N) is 6. The van der Waals surface area contributed by atoms with Crippen molar-refractivity contribution in [2.45, 2.75) is 82.8 Å². The minimum Gasteiger partial charge on any atom is -0.444 e. The van der Waals surface area contributed by atoms with Crippen LogP contribution in [0.2, 0.25) is 0 Å². The number of benzene rings is 1. The predicted molar refractivity (Wildman–Crippen MR) is 164 cm³/mol. The second-order valence-electron chi connectivity index (χ2n) is 12.6. The SMILES string of the molecule is CC(C)(C)OC(=O)N1C2COC[C@@H]1CC(Nc1ccc(-c3ccc(-c4cnn(C5CCCCO5)c4)c4ncsc34)nn1)C2. The first-order chi connectivity index (χ1) is 20.8. The van der Waals surface area contributed by atoms with Gasteiger partial charge in [-0.3, -0.25) is 4.90 Å². The second kappa shape index (κ2) is 11.5. The molecule has 3 aromatic heterocycles. The van der Waals surface area contributed by atoms with E-state index in [1.54, 1.807) is 11.3 Å². The molecule has 1 amide bonds. The number of hydrogen-bond donors (Lipinski definition) is 1. The maximum Gasteiger partial charge on any atom is 0.410 e. The number of anilines is 1. The molecular formula is C31H37N7O4S. The maximum atomic E-state index is 12.9. The monoisotopic (exact) mass is 603 g/mol. The zero-order valence-electron chi connectivity index (χ0n) is 24.7. The van der Waals surface area contributed by atoms with E-state index in [-0.39, 0.29) is 30.4 Å². The summed E-state index contributed by atoms with van der Waals surface area (Å²) < 4.78 is 20.4. The Morgan fingerprint density at radius 1 is 1.07 bits per heavy atom. The first-order valence-electron chi connectivity index (χ1n) is 15.0. The molecule has 12 heteroatoms. The van der Waals surface area contributed by atoms with Crippen LogP contribution in [0.15, 0.2) is 42.2 Å². The molecule has 4 atom stereocenters. The molecule has 0 radical (unpaired) electrons. The summed E-state index contributed by atoms with van der Waals surface area (Å²) in [4.78, 5) is 19.5. The number of aromatic nitrogens is 5. The number of hydrogen-bond acceptors (Lipinski definition) is 10. The van der Waals surface area contributed by atoms with Gasteiger partial charge in [-0.05, 0) is 65.0 Å². The molecule has 3 saturated heterocycles. The number of thiazole rings is 1. The Bertz CT molecular complexity index is 1580. The van der Waals surface area contributed by atoms with Crippen LogP contribution in [0, 0.1) is 0 Å². The van der Waals surface area contributed by atoms with E-state index in [0.29, 0.717) is 19.0 Å². The highest BCUT2D eigenvalue weighted by Crippen LogP contribution is 2.37. The maximum absolute atomic E-state index is 12.9. The van der Waals surface area contributed by atoms with Crippen molar-refractivity contribution < 1.29 is 19.0 Å². The lowest BCUT2D eigenvalue weighted by Crippen LogP contribution is -2.61. The minimum absolute atomic E-state index is 0.000516. The van der Waals surface area contributed by atoms with E-state index in [1.165, 1.54) is 0 Å². The Morgan fingerprint density at radius 2 is 1.88 bits per heavy atom. The largest absolute Gasteiger partial charge is 0.444 e. The van der Waals surface area contributed by atoms with E-state index in [1.807, 2.05) is 54.2 Å². The van der Waals surface area contributed by atoms with Crippen molar-refractivity contribution in [3.8, 4) is 22.4 Å². The molecule has 3 aliphatic heterocycles. The molecular weight excluding hydrogens is 566 g/mol. The van der Waals surface area contributed by atoms with E-state index >= 15 is 0 Å². The van der Waals surface area contributed by atoms with E-state index in [2.05, 4.69) is 38.9 Å². The Balaban J connectivity index is 1.05. The Kier molecular flexibility index (Phi) is 7.52. The lowest BCUT2D eigenvalue weighted by Gasteiger charge is -2.48. The van der Waals surface area contributed by atoms with Crippen molar-refractivity contribution in [1.82, 2.24) is 29.9 Å². The van der Waals surface area contributed by atoms with Crippen LogP contribution in [0.5, 0.6) is 0 Å². The van der Waals surface area contributed by atoms with Crippen LogP contribution in [-0.2, 0) is 14.2 Å². The van der Waals surface area contributed by atoms with Gasteiger partial charge in [-0.25, -0.2) is 14.5 Å². The van der Waals surface area contributed by atoms with Crippen molar-refractivity contribution in [3.05, 3.63) is 42.2 Å². The Hall–Kier alpha value is -3.61. The fraction of sp³-hybridized carbons (Fsp3) is 0.516. The first kappa shape index (κ1) is 28.2. The lowest BCUT2D eigenvalue weighted by atomic mass is 9.90. The molecule has 11 nitrogen and oxygen atoms in total. The zero-order valence-corrected chi connectivity index (χ0v) is 25.5. The third-order valence-electron chi connectivity index (χ3n) is 8.26. The predicted octanol–water partition coefficient (Wildman–Crippen LogP) is 5.89. The highest BCUT2D eigenvalue weighted by atomic mass is 32.1. The Labute approximate surface area is 254 Å².